The molecule has 0 aromatic rings. The Morgan fingerprint density at radius 3 is 2.86 bits per heavy atom. The number of nitrogens with zero attached hydrogens (tertiary/aromatic N) is 1. The van der Waals surface area contributed by atoms with Crippen molar-refractivity contribution in [3.8, 4) is 0 Å². The van der Waals surface area contributed by atoms with E-state index in [1.165, 1.54) is 0 Å². The summed E-state index contributed by atoms with van der Waals surface area (Å²) in [5, 5.41) is 2.01. The van der Waals surface area contributed by atoms with Crippen LogP contribution in [0.3, 0.4) is 0 Å². The monoisotopic (exact) mass is 117 g/mol. The third kappa shape index (κ3) is 1.09. The third-order valence-electron chi connectivity index (χ3n) is 0.964. The summed E-state index contributed by atoms with van der Waals surface area (Å²) >= 11 is 0. The highest BCUT2D eigenvalue weighted by Gasteiger charge is 1.99. The fourth-order valence-corrected chi connectivity index (χ4v) is 1.80. The predicted molar refractivity (Wildman–Crippen MR) is 33.6 cm³/mol. The van der Waals surface area contributed by atoms with Gasteiger partial charge in [0.1, 0.15) is 0 Å². The molecule has 2 nitrogen and oxygen atoms in total. The first-order valence-corrected chi connectivity index (χ1v) is 3.71. The molecule has 0 aromatic heterocycles. The molecule has 0 N–H and O–H groups in total. The number of hydrogen-bond acceptors (Lipinski definition) is 2. The molecule has 1 heterocycles. The van der Waals surface area contributed by atoms with E-state index in [0.29, 0.717) is 0 Å². The van der Waals surface area contributed by atoms with Crippen molar-refractivity contribution in [3.05, 3.63) is 4.91 Å². The van der Waals surface area contributed by atoms with Crippen molar-refractivity contribution in [3.63, 3.8) is 0 Å². The average Bonchev–Trinajstić information content (AvgIpc) is 2.14. The summed E-state index contributed by atoms with van der Waals surface area (Å²) in [5.74, 6) is 1.00. The van der Waals surface area contributed by atoms with Gasteiger partial charge in [-0.2, -0.15) is 0 Å². The molecule has 1 aliphatic heterocycles. The molecular weight excluding hydrogens is 110 g/mol. The maximum absolute atomic E-state index is 9.74. The van der Waals surface area contributed by atoms with Gasteiger partial charge < -0.3 is 0 Å². The summed E-state index contributed by atoms with van der Waals surface area (Å²) in [6.07, 6.45) is 2.25. The van der Waals surface area contributed by atoms with Crippen molar-refractivity contribution in [2.24, 2.45) is 4.58 Å². The Morgan fingerprint density at radius 2 is 2.57 bits per heavy atom. The summed E-state index contributed by atoms with van der Waals surface area (Å²) in [6.45, 7) is 0. The van der Waals surface area contributed by atoms with Crippen LogP contribution in [0.1, 0.15) is 12.8 Å². The van der Waals surface area contributed by atoms with Gasteiger partial charge in [0.2, 0.25) is 0 Å². The zero-order valence-electron chi connectivity index (χ0n) is 3.96. The molecule has 1 aliphatic rings. The van der Waals surface area contributed by atoms with Crippen LogP contribution in [0.5, 0.6) is 0 Å². The normalized spacial score (nSPS) is 29.4. The molecule has 0 saturated heterocycles. The zero-order chi connectivity index (χ0) is 5.11. The van der Waals surface area contributed by atoms with Gasteiger partial charge in [0.05, 0.1) is 0 Å². The lowest BCUT2D eigenvalue weighted by Gasteiger charge is -1.80. The Labute approximate surface area is 45.0 Å². The molecule has 0 spiro atoms. The van der Waals surface area contributed by atoms with E-state index in [2.05, 4.69) is 4.58 Å². The van der Waals surface area contributed by atoms with Crippen molar-refractivity contribution >= 4 is 16.0 Å². The minimum absolute atomic E-state index is 0.190. The van der Waals surface area contributed by atoms with E-state index in [9.17, 15) is 4.91 Å². The molecular formula is C4H7NOS. The van der Waals surface area contributed by atoms with Gasteiger partial charge in [0, 0.05) is 5.75 Å². The van der Waals surface area contributed by atoms with Crippen molar-refractivity contribution in [2.75, 3.05) is 5.75 Å². The summed E-state index contributed by atoms with van der Waals surface area (Å²) < 4.78 is 2.91. The molecule has 0 saturated carbocycles. The molecule has 0 fully saturated rings. The number of nitroso groups, excluding NO2 is 1. The first-order chi connectivity index (χ1) is 3.43. The van der Waals surface area contributed by atoms with Gasteiger partial charge in [-0.05, 0) is 33.5 Å². The van der Waals surface area contributed by atoms with Crippen molar-refractivity contribution < 1.29 is 0 Å². The maximum atomic E-state index is 9.74. The van der Waals surface area contributed by atoms with E-state index in [4.69, 9.17) is 0 Å². The van der Waals surface area contributed by atoms with Gasteiger partial charge in [0.25, 0.3) is 0 Å². The highest BCUT2D eigenvalue weighted by molar-refractivity contribution is 8.14. The minimum Gasteiger partial charge on any atom is -0.138 e. The highest BCUT2D eigenvalue weighted by Crippen LogP contribution is 2.21. The van der Waals surface area contributed by atoms with Gasteiger partial charge in [-0.1, -0.05) is 0 Å². The van der Waals surface area contributed by atoms with E-state index in [-0.39, 0.29) is 10.7 Å². The lowest BCUT2D eigenvalue weighted by Crippen LogP contribution is -1.64. The Kier molecular flexibility index (Phi) is 1.57. The molecule has 1 unspecified atom stereocenters. The average molecular weight is 117 g/mol. The number of rotatable bonds is 1. The minimum atomic E-state index is -0.190. The smallest absolute Gasteiger partial charge is 0.0117 e. The topological polar surface area (TPSA) is 29.4 Å². The molecule has 0 radical (unpaired) electrons. The van der Waals surface area contributed by atoms with Crippen LogP contribution >= 0.6 is 10.7 Å². The van der Waals surface area contributed by atoms with Crippen LogP contribution in [0.15, 0.2) is 4.58 Å². The lowest BCUT2D eigenvalue weighted by atomic mass is 10.4. The van der Waals surface area contributed by atoms with Crippen LogP contribution in [0.2, 0.25) is 0 Å². The Hall–Kier alpha value is -0.180. The summed E-state index contributed by atoms with van der Waals surface area (Å²) in [6, 6.07) is 0. The second kappa shape index (κ2) is 2.21. The van der Waals surface area contributed by atoms with Gasteiger partial charge in [-0.25, -0.2) is 0 Å². The Morgan fingerprint density at radius 1 is 1.71 bits per heavy atom. The quantitative estimate of drug-likeness (QED) is 0.378. The predicted octanol–water partition coefficient (Wildman–Crippen LogP) is 1.53. The maximum Gasteiger partial charge on any atom is 0.0117 e. The first-order valence-electron chi connectivity index (χ1n) is 2.30. The van der Waals surface area contributed by atoms with E-state index >= 15 is 0 Å². The summed E-state index contributed by atoms with van der Waals surface area (Å²) in [7, 11) is -0.190. The second-order valence-corrected chi connectivity index (χ2v) is 3.18. The van der Waals surface area contributed by atoms with Crippen LogP contribution in [0.25, 0.3) is 0 Å². The van der Waals surface area contributed by atoms with E-state index in [1.54, 1.807) is 0 Å². The van der Waals surface area contributed by atoms with Crippen molar-refractivity contribution in [2.45, 2.75) is 12.8 Å². The fraction of sp³-hybridized carbons (Fsp3) is 0.750. The van der Waals surface area contributed by atoms with Crippen LogP contribution in [-0.4, -0.2) is 11.1 Å². The highest BCUT2D eigenvalue weighted by atomic mass is 32.2. The Bertz CT molecular complexity index is 110. The zero-order valence-corrected chi connectivity index (χ0v) is 4.78. The van der Waals surface area contributed by atoms with Crippen molar-refractivity contribution in [1.29, 1.82) is 0 Å². The van der Waals surface area contributed by atoms with Crippen LogP contribution in [-0.2, 0) is 0 Å². The molecule has 3 heteroatoms. The summed E-state index contributed by atoms with van der Waals surface area (Å²) in [5.41, 5.74) is 0. The molecule has 40 valence electrons. The standard InChI is InChI=1S/C4H7NOS/c6-5-7-3-1-2-4-7/h3H,1-2,4H2. The van der Waals surface area contributed by atoms with Gasteiger partial charge in [0.15, 0.2) is 0 Å². The molecule has 1 atom stereocenters. The van der Waals surface area contributed by atoms with E-state index < -0.39 is 0 Å². The van der Waals surface area contributed by atoms with Gasteiger partial charge >= 0.3 is 0 Å². The van der Waals surface area contributed by atoms with Crippen molar-refractivity contribution in [1.82, 2.24) is 0 Å². The van der Waals surface area contributed by atoms with E-state index in [0.717, 1.165) is 18.6 Å². The third-order valence-corrected chi connectivity index (χ3v) is 2.48. The van der Waals surface area contributed by atoms with Crippen LogP contribution in [0.4, 0.5) is 0 Å². The molecule has 7 heavy (non-hydrogen) atoms. The fourth-order valence-electron chi connectivity index (χ4n) is 0.602. The summed E-state index contributed by atoms with van der Waals surface area (Å²) in [4.78, 5) is 9.74. The number of hydrogen-bond donors (Lipinski definition) is 0. The SMILES string of the molecule is O=NS1=CCCC1. The molecule has 0 amide bonds. The van der Waals surface area contributed by atoms with Crippen LogP contribution < -0.4 is 0 Å². The molecule has 0 aromatic carbocycles. The van der Waals surface area contributed by atoms with Gasteiger partial charge in [-0.3, -0.25) is 0 Å². The van der Waals surface area contributed by atoms with E-state index in [1.807, 2.05) is 5.37 Å². The second-order valence-electron chi connectivity index (χ2n) is 1.49. The Balaban J connectivity index is 2.51. The first kappa shape index (κ1) is 4.97. The molecule has 0 aliphatic carbocycles. The lowest BCUT2D eigenvalue weighted by molar-refractivity contribution is 1.05. The van der Waals surface area contributed by atoms with Gasteiger partial charge in [-0.15, -0.1) is 4.91 Å². The van der Waals surface area contributed by atoms with Crippen LogP contribution in [0, 0.1) is 4.91 Å². The largest absolute Gasteiger partial charge is 0.138 e. The molecule has 0 bridgehead atoms. The molecule has 1 rings (SSSR count).